The molecule has 0 saturated carbocycles. The van der Waals surface area contributed by atoms with E-state index in [0.717, 1.165) is 5.56 Å². The number of hydrogen-bond donors (Lipinski definition) is 1. The lowest BCUT2D eigenvalue weighted by atomic mass is 10.3. The Hall–Kier alpha value is -2.07. The molecular weight excluding hydrogens is 264 g/mol. The van der Waals surface area contributed by atoms with E-state index < -0.39 is 0 Å². The van der Waals surface area contributed by atoms with Crippen LogP contribution in [0.1, 0.15) is 5.56 Å². The van der Waals surface area contributed by atoms with Gasteiger partial charge in [0.05, 0.1) is 10.7 Å². The second-order valence-electron chi connectivity index (χ2n) is 4.20. The van der Waals surface area contributed by atoms with Gasteiger partial charge in [0.2, 0.25) is 5.91 Å². The molecule has 4 nitrogen and oxygen atoms in total. The van der Waals surface area contributed by atoms with Crippen molar-refractivity contribution in [2.45, 2.75) is 13.5 Å². The van der Waals surface area contributed by atoms with Crippen LogP contribution in [-0.4, -0.2) is 10.5 Å². The van der Waals surface area contributed by atoms with Crippen molar-refractivity contribution in [1.29, 1.82) is 0 Å². The summed E-state index contributed by atoms with van der Waals surface area (Å²) in [5, 5.41) is 3.13. The van der Waals surface area contributed by atoms with Crippen molar-refractivity contribution in [2.24, 2.45) is 0 Å². The van der Waals surface area contributed by atoms with E-state index in [-0.39, 0.29) is 18.0 Å². The maximum Gasteiger partial charge on any atom is 0.251 e. The molecule has 5 heteroatoms. The van der Waals surface area contributed by atoms with Crippen molar-refractivity contribution >= 4 is 23.2 Å². The summed E-state index contributed by atoms with van der Waals surface area (Å²) < 4.78 is 1.35. The van der Waals surface area contributed by atoms with Crippen molar-refractivity contribution in [3.63, 3.8) is 0 Å². The van der Waals surface area contributed by atoms with Gasteiger partial charge in [0, 0.05) is 12.3 Å². The minimum absolute atomic E-state index is 0.0374. The Labute approximate surface area is 115 Å². The van der Waals surface area contributed by atoms with Crippen molar-refractivity contribution in [3.8, 4) is 0 Å². The number of benzene rings is 1. The number of aryl methyl sites for hydroxylation is 1. The number of pyridine rings is 1. The molecule has 0 aliphatic rings. The Morgan fingerprint density at radius 2 is 2.05 bits per heavy atom. The molecule has 0 fully saturated rings. The van der Waals surface area contributed by atoms with E-state index in [1.54, 1.807) is 36.5 Å². The highest BCUT2D eigenvalue weighted by Gasteiger charge is 2.07. The van der Waals surface area contributed by atoms with Crippen molar-refractivity contribution in [2.75, 3.05) is 5.32 Å². The molecule has 0 aliphatic heterocycles. The fourth-order valence-electron chi connectivity index (χ4n) is 1.64. The van der Waals surface area contributed by atoms with Gasteiger partial charge in [0.15, 0.2) is 0 Å². The van der Waals surface area contributed by atoms with E-state index in [2.05, 4.69) is 5.32 Å². The first kappa shape index (κ1) is 13.4. The standard InChI is InChI=1S/C14H13ClN2O2/c1-10-6-7-17(14(19)8-10)9-13(18)16-12-5-3-2-4-11(12)15/h2-8H,9H2,1H3,(H,16,18). The van der Waals surface area contributed by atoms with Crippen LogP contribution < -0.4 is 10.9 Å². The predicted molar refractivity (Wildman–Crippen MR) is 75.5 cm³/mol. The first-order valence-electron chi connectivity index (χ1n) is 5.78. The van der Waals surface area contributed by atoms with Gasteiger partial charge in [0.25, 0.3) is 5.56 Å². The Kier molecular flexibility index (Phi) is 4.02. The third-order valence-electron chi connectivity index (χ3n) is 2.61. The third-order valence-corrected chi connectivity index (χ3v) is 2.94. The summed E-state index contributed by atoms with van der Waals surface area (Å²) in [6, 6.07) is 10.2. The number of nitrogens with zero attached hydrogens (tertiary/aromatic N) is 1. The van der Waals surface area contributed by atoms with Gasteiger partial charge in [-0.3, -0.25) is 9.59 Å². The van der Waals surface area contributed by atoms with Gasteiger partial charge in [-0.15, -0.1) is 0 Å². The van der Waals surface area contributed by atoms with E-state index in [4.69, 9.17) is 11.6 Å². The summed E-state index contributed by atoms with van der Waals surface area (Å²) in [4.78, 5) is 23.5. The monoisotopic (exact) mass is 276 g/mol. The zero-order valence-corrected chi connectivity index (χ0v) is 11.1. The molecule has 2 rings (SSSR count). The molecule has 0 radical (unpaired) electrons. The number of rotatable bonds is 3. The minimum Gasteiger partial charge on any atom is -0.323 e. The highest BCUT2D eigenvalue weighted by Crippen LogP contribution is 2.20. The largest absolute Gasteiger partial charge is 0.323 e. The number of aromatic nitrogens is 1. The lowest BCUT2D eigenvalue weighted by Gasteiger charge is -2.08. The van der Waals surface area contributed by atoms with Crippen molar-refractivity contribution in [1.82, 2.24) is 4.57 Å². The van der Waals surface area contributed by atoms with Crippen LogP contribution in [0.2, 0.25) is 5.02 Å². The van der Waals surface area contributed by atoms with Crippen LogP contribution >= 0.6 is 11.6 Å². The van der Waals surface area contributed by atoms with Crippen LogP contribution in [0, 0.1) is 6.92 Å². The van der Waals surface area contributed by atoms with Crippen LogP contribution in [0.3, 0.4) is 0 Å². The smallest absolute Gasteiger partial charge is 0.251 e. The van der Waals surface area contributed by atoms with E-state index in [0.29, 0.717) is 10.7 Å². The number of nitrogens with one attached hydrogen (secondary N) is 1. The number of amides is 1. The maximum atomic E-state index is 11.8. The van der Waals surface area contributed by atoms with E-state index in [9.17, 15) is 9.59 Å². The normalized spacial score (nSPS) is 10.2. The zero-order valence-electron chi connectivity index (χ0n) is 10.4. The first-order valence-corrected chi connectivity index (χ1v) is 6.15. The number of halogens is 1. The number of anilines is 1. The second-order valence-corrected chi connectivity index (χ2v) is 4.61. The quantitative estimate of drug-likeness (QED) is 0.936. The van der Waals surface area contributed by atoms with Crippen molar-refractivity contribution in [3.05, 3.63) is 63.5 Å². The van der Waals surface area contributed by atoms with E-state index in [1.807, 2.05) is 6.92 Å². The second kappa shape index (κ2) is 5.71. The Balaban J connectivity index is 2.10. The van der Waals surface area contributed by atoms with Crippen LogP contribution in [0.25, 0.3) is 0 Å². The SMILES string of the molecule is Cc1ccn(CC(=O)Nc2ccccc2Cl)c(=O)c1. The average molecular weight is 277 g/mol. The predicted octanol–water partition coefficient (Wildman–Crippen LogP) is 2.45. The molecule has 98 valence electrons. The maximum absolute atomic E-state index is 11.8. The summed E-state index contributed by atoms with van der Waals surface area (Å²) >= 11 is 5.94. The molecule has 0 saturated heterocycles. The molecule has 0 unspecified atom stereocenters. The molecule has 0 spiro atoms. The first-order chi connectivity index (χ1) is 9.06. The van der Waals surface area contributed by atoms with Crippen LogP contribution in [0.15, 0.2) is 47.4 Å². The van der Waals surface area contributed by atoms with Crippen LogP contribution in [0.5, 0.6) is 0 Å². The Morgan fingerprint density at radius 1 is 1.32 bits per heavy atom. The van der Waals surface area contributed by atoms with Crippen LogP contribution in [-0.2, 0) is 11.3 Å². The van der Waals surface area contributed by atoms with Crippen LogP contribution in [0.4, 0.5) is 5.69 Å². The lowest BCUT2D eigenvalue weighted by Crippen LogP contribution is -2.26. The van der Waals surface area contributed by atoms with Gasteiger partial charge in [-0.25, -0.2) is 0 Å². The average Bonchev–Trinajstić information content (AvgIpc) is 2.36. The highest BCUT2D eigenvalue weighted by molar-refractivity contribution is 6.33. The van der Waals surface area contributed by atoms with Gasteiger partial charge in [-0.05, 0) is 30.7 Å². The summed E-state index contributed by atoms with van der Waals surface area (Å²) in [7, 11) is 0. The molecule has 1 amide bonds. The molecule has 1 aromatic carbocycles. The summed E-state index contributed by atoms with van der Waals surface area (Å²) in [6.45, 7) is 1.79. The fourth-order valence-corrected chi connectivity index (χ4v) is 1.83. The van der Waals surface area contributed by atoms with Gasteiger partial charge in [-0.2, -0.15) is 0 Å². The van der Waals surface area contributed by atoms with E-state index in [1.165, 1.54) is 10.6 Å². The summed E-state index contributed by atoms with van der Waals surface area (Å²) in [6.07, 6.45) is 1.60. The molecule has 0 aliphatic carbocycles. The number of carbonyl (C=O) groups is 1. The molecule has 1 N–H and O–H groups in total. The zero-order chi connectivity index (χ0) is 13.8. The van der Waals surface area contributed by atoms with Gasteiger partial charge in [-0.1, -0.05) is 23.7 Å². The highest BCUT2D eigenvalue weighted by atomic mass is 35.5. The lowest BCUT2D eigenvalue weighted by molar-refractivity contribution is -0.116. The Bertz CT molecular complexity index is 664. The summed E-state index contributed by atoms with van der Waals surface area (Å²) in [5.74, 6) is -0.293. The molecule has 19 heavy (non-hydrogen) atoms. The topological polar surface area (TPSA) is 51.1 Å². The fraction of sp³-hybridized carbons (Fsp3) is 0.143. The number of para-hydroxylation sites is 1. The number of carbonyl (C=O) groups excluding carboxylic acids is 1. The van der Waals surface area contributed by atoms with E-state index >= 15 is 0 Å². The molecule has 1 heterocycles. The molecule has 0 atom stereocenters. The molecule has 0 bridgehead atoms. The third kappa shape index (κ3) is 3.45. The number of hydrogen-bond acceptors (Lipinski definition) is 2. The van der Waals surface area contributed by atoms with Gasteiger partial charge >= 0.3 is 0 Å². The molecule has 1 aromatic heterocycles. The Morgan fingerprint density at radius 3 is 2.74 bits per heavy atom. The molecular formula is C14H13ClN2O2. The van der Waals surface area contributed by atoms with Crippen molar-refractivity contribution < 1.29 is 4.79 Å². The molecule has 2 aromatic rings. The summed E-state index contributed by atoms with van der Waals surface area (Å²) in [5.41, 5.74) is 1.20. The van der Waals surface area contributed by atoms with Gasteiger partial charge in [0.1, 0.15) is 6.54 Å². The van der Waals surface area contributed by atoms with Gasteiger partial charge < -0.3 is 9.88 Å². The minimum atomic E-state index is -0.293.